The Labute approximate surface area is 119 Å². The van der Waals surface area contributed by atoms with Crippen LogP contribution in [0.5, 0.6) is 0 Å². The van der Waals surface area contributed by atoms with Gasteiger partial charge in [0.1, 0.15) is 5.82 Å². The molecular formula is C16H20FN3. The van der Waals surface area contributed by atoms with Gasteiger partial charge in [-0.15, -0.1) is 0 Å². The average Bonchev–Trinajstić information content (AvgIpc) is 2.93. The van der Waals surface area contributed by atoms with E-state index < -0.39 is 0 Å². The van der Waals surface area contributed by atoms with Crippen molar-refractivity contribution in [3.05, 3.63) is 35.1 Å². The third kappa shape index (κ3) is 2.84. The number of nitrogens with zero attached hydrogens (tertiary/aromatic N) is 2. The Morgan fingerprint density at radius 2 is 2.25 bits per heavy atom. The topological polar surface area (TPSA) is 39.1 Å². The van der Waals surface area contributed by atoms with Gasteiger partial charge >= 0.3 is 0 Å². The molecule has 2 atom stereocenters. The zero-order chi connectivity index (χ0) is 13.9. The van der Waals surface area contributed by atoms with Gasteiger partial charge < -0.3 is 10.2 Å². The van der Waals surface area contributed by atoms with Crippen LogP contribution in [0, 0.1) is 17.1 Å². The minimum absolute atomic E-state index is 0.283. The monoisotopic (exact) mass is 273 g/mol. The summed E-state index contributed by atoms with van der Waals surface area (Å²) in [5.74, 6) is -0.283. The molecule has 4 heteroatoms. The summed E-state index contributed by atoms with van der Waals surface area (Å²) in [5.41, 5.74) is 1.03. The molecule has 2 aliphatic heterocycles. The third-order valence-electron chi connectivity index (χ3n) is 4.58. The van der Waals surface area contributed by atoms with E-state index in [0.717, 1.165) is 19.0 Å². The van der Waals surface area contributed by atoms with Crippen LogP contribution in [0.2, 0.25) is 0 Å². The number of benzene rings is 1. The van der Waals surface area contributed by atoms with Gasteiger partial charge in [0.05, 0.1) is 11.6 Å². The zero-order valence-electron chi connectivity index (χ0n) is 11.6. The summed E-state index contributed by atoms with van der Waals surface area (Å²) < 4.78 is 13.8. The highest BCUT2D eigenvalue weighted by Gasteiger charge is 2.31. The van der Waals surface area contributed by atoms with Gasteiger partial charge in [0.25, 0.3) is 0 Å². The minimum Gasteiger partial charge on any atom is -0.310 e. The average molecular weight is 273 g/mol. The molecule has 0 aliphatic carbocycles. The number of halogens is 1. The first-order valence-electron chi connectivity index (χ1n) is 7.42. The van der Waals surface area contributed by atoms with Crippen molar-refractivity contribution in [2.45, 2.75) is 44.3 Å². The molecule has 106 valence electrons. The van der Waals surface area contributed by atoms with Crippen LogP contribution in [-0.4, -0.2) is 30.1 Å². The Bertz CT molecular complexity index is 523. The van der Waals surface area contributed by atoms with E-state index in [1.54, 1.807) is 12.1 Å². The Morgan fingerprint density at radius 1 is 1.35 bits per heavy atom. The normalized spacial score (nSPS) is 26.2. The summed E-state index contributed by atoms with van der Waals surface area (Å²) in [7, 11) is 0. The Balaban J connectivity index is 1.56. The molecule has 0 radical (unpaired) electrons. The predicted molar refractivity (Wildman–Crippen MR) is 75.6 cm³/mol. The number of hydrogen-bond donors (Lipinski definition) is 1. The zero-order valence-corrected chi connectivity index (χ0v) is 11.6. The molecule has 2 aliphatic rings. The smallest absolute Gasteiger partial charge is 0.129 e. The highest BCUT2D eigenvalue weighted by molar-refractivity contribution is 5.32. The van der Waals surface area contributed by atoms with Crippen molar-refractivity contribution in [2.24, 2.45) is 0 Å². The Morgan fingerprint density at radius 3 is 3.05 bits per heavy atom. The molecular weight excluding hydrogens is 253 g/mol. The van der Waals surface area contributed by atoms with Crippen LogP contribution in [0.15, 0.2) is 18.2 Å². The van der Waals surface area contributed by atoms with E-state index in [9.17, 15) is 4.39 Å². The van der Waals surface area contributed by atoms with Crippen molar-refractivity contribution in [3.8, 4) is 6.07 Å². The van der Waals surface area contributed by atoms with Crippen LogP contribution in [-0.2, 0) is 6.54 Å². The lowest BCUT2D eigenvalue weighted by Crippen LogP contribution is -2.45. The van der Waals surface area contributed by atoms with E-state index in [-0.39, 0.29) is 5.82 Å². The molecule has 3 rings (SSSR count). The fourth-order valence-corrected chi connectivity index (χ4v) is 3.42. The lowest BCUT2D eigenvalue weighted by Gasteiger charge is -2.35. The molecule has 20 heavy (non-hydrogen) atoms. The molecule has 0 aromatic heterocycles. The van der Waals surface area contributed by atoms with Crippen molar-refractivity contribution in [1.29, 1.82) is 5.26 Å². The third-order valence-corrected chi connectivity index (χ3v) is 4.58. The minimum atomic E-state index is -0.283. The highest BCUT2D eigenvalue weighted by Crippen LogP contribution is 2.27. The number of rotatable bonds is 3. The van der Waals surface area contributed by atoms with Crippen molar-refractivity contribution >= 4 is 0 Å². The first-order chi connectivity index (χ1) is 9.76. The molecule has 1 aromatic rings. The van der Waals surface area contributed by atoms with Gasteiger partial charge in [-0.25, -0.2) is 4.39 Å². The molecule has 1 aromatic carbocycles. The second-order valence-electron chi connectivity index (χ2n) is 5.85. The van der Waals surface area contributed by atoms with Crippen LogP contribution in [0.1, 0.15) is 36.8 Å². The van der Waals surface area contributed by atoms with Crippen LogP contribution in [0.4, 0.5) is 4.39 Å². The van der Waals surface area contributed by atoms with E-state index in [4.69, 9.17) is 5.26 Å². The highest BCUT2D eigenvalue weighted by atomic mass is 19.1. The molecule has 2 heterocycles. The van der Waals surface area contributed by atoms with Gasteiger partial charge in [-0.3, -0.25) is 0 Å². The maximum Gasteiger partial charge on any atom is 0.129 e. The summed E-state index contributed by atoms with van der Waals surface area (Å²) >= 11 is 0. The van der Waals surface area contributed by atoms with Gasteiger partial charge in [0.2, 0.25) is 0 Å². The number of piperidine rings is 1. The molecule has 3 nitrogen and oxygen atoms in total. The fraction of sp³-hybridized carbons (Fsp3) is 0.562. The molecule has 0 amide bonds. The molecule has 1 N–H and O–H groups in total. The van der Waals surface area contributed by atoms with E-state index in [1.807, 2.05) is 6.07 Å². The maximum absolute atomic E-state index is 13.8. The molecule has 0 bridgehead atoms. The van der Waals surface area contributed by atoms with Gasteiger partial charge in [-0.2, -0.15) is 5.26 Å². The summed E-state index contributed by atoms with van der Waals surface area (Å²) in [5, 5.41) is 12.2. The maximum atomic E-state index is 13.8. The van der Waals surface area contributed by atoms with Crippen molar-refractivity contribution < 1.29 is 4.39 Å². The van der Waals surface area contributed by atoms with E-state index in [0.29, 0.717) is 23.7 Å². The SMILES string of the molecule is N#Cc1ccc(CNC2CCN3CCCC3C2)c(F)c1. The molecule has 0 saturated carbocycles. The largest absolute Gasteiger partial charge is 0.310 e. The summed E-state index contributed by atoms with van der Waals surface area (Å²) in [4.78, 5) is 2.58. The van der Waals surface area contributed by atoms with E-state index in [2.05, 4.69) is 10.2 Å². The van der Waals surface area contributed by atoms with Gasteiger partial charge in [-0.1, -0.05) is 6.07 Å². The van der Waals surface area contributed by atoms with Crippen LogP contribution in [0.3, 0.4) is 0 Å². The molecule has 2 saturated heterocycles. The van der Waals surface area contributed by atoms with Crippen LogP contribution >= 0.6 is 0 Å². The second-order valence-corrected chi connectivity index (χ2v) is 5.85. The lowest BCUT2D eigenvalue weighted by molar-refractivity contribution is 0.166. The lowest BCUT2D eigenvalue weighted by atomic mass is 9.97. The van der Waals surface area contributed by atoms with Gasteiger partial charge in [-0.05, 0) is 50.9 Å². The number of hydrogen-bond acceptors (Lipinski definition) is 3. The first kappa shape index (κ1) is 13.5. The number of nitriles is 1. The summed E-state index contributed by atoms with van der Waals surface area (Å²) in [6.07, 6.45) is 4.96. The standard InChI is InChI=1S/C16H20FN3/c17-16-8-12(10-18)3-4-13(16)11-19-14-5-7-20-6-1-2-15(20)9-14/h3-4,8,14-15,19H,1-2,5-7,9,11H2. The first-order valence-corrected chi connectivity index (χ1v) is 7.42. The van der Waals surface area contributed by atoms with E-state index >= 15 is 0 Å². The van der Waals surface area contributed by atoms with Crippen LogP contribution in [0.25, 0.3) is 0 Å². The van der Waals surface area contributed by atoms with Crippen molar-refractivity contribution in [1.82, 2.24) is 10.2 Å². The van der Waals surface area contributed by atoms with Crippen LogP contribution < -0.4 is 5.32 Å². The summed E-state index contributed by atoms with van der Waals surface area (Å²) in [6.45, 7) is 2.97. The number of nitrogens with one attached hydrogen (secondary N) is 1. The predicted octanol–water partition coefficient (Wildman–Crippen LogP) is 2.41. The van der Waals surface area contributed by atoms with Gasteiger partial charge in [0.15, 0.2) is 0 Å². The van der Waals surface area contributed by atoms with E-state index in [1.165, 1.54) is 31.9 Å². The molecule has 2 fully saturated rings. The summed E-state index contributed by atoms with van der Waals surface area (Å²) in [6, 6.07) is 7.89. The fourth-order valence-electron chi connectivity index (χ4n) is 3.42. The van der Waals surface area contributed by atoms with Gasteiger partial charge in [0, 0.05) is 24.2 Å². The van der Waals surface area contributed by atoms with Crippen molar-refractivity contribution in [3.63, 3.8) is 0 Å². The van der Waals surface area contributed by atoms with Crippen molar-refractivity contribution in [2.75, 3.05) is 13.1 Å². The quantitative estimate of drug-likeness (QED) is 0.919. The molecule has 0 spiro atoms. The second kappa shape index (κ2) is 5.90. The molecule has 2 unspecified atom stereocenters. The Kier molecular flexibility index (Phi) is 4.00. The Hall–Kier alpha value is -1.44. The number of fused-ring (bicyclic) bond motifs is 1.